The first-order valence-corrected chi connectivity index (χ1v) is 8.86. The third-order valence-electron chi connectivity index (χ3n) is 5.16. The van der Waals surface area contributed by atoms with Crippen molar-refractivity contribution in [3.63, 3.8) is 0 Å². The van der Waals surface area contributed by atoms with Crippen LogP contribution in [0.15, 0.2) is 24.3 Å². The van der Waals surface area contributed by atoms with Crippen LogP contribution in [0.4, 0.5) is 0 Å². The zero-order valence-electron chi connectivity index (χ0n) is 14.0. The normalized spacial score (nSPS) is 20.5. The molecule has 0 atom stereocenters. The number of amides is 1. The van der Waals surface area contributed by atoms with E-state index in [1.165, 1.54) is 0 Å². The molecule has 2 aliphatic rings. The number of hydrogen-bond acceptors (Lipinski definition) is 4. The summed E-state index contributed by atoms with van der Waals surface area (Å²) in [5.74, 6) is 0.461. The second-order valence-corrected chi connectivity index (χ2v) is 6.73. The molecule has 0 spiro atoms. The minimum atomic E-state index is -0.0843. The van der Waals surface area contributed by atoms with Crippen molar-refractivity contribution in [1.29, 1.82) is 5.26 Å². The lowest BCUT2D eigenvalue weighted by atomic mass is 9.94. The van der Waals surface area contributed by atoms with Gasteiger partial charge in [-0.2, -0.15) is 5.26 Å². The van der Waals surface area contributed by atoms with Crippen LogP contribution in [0.5, 0.6) is 0 Å². The molecular weight excluding hydrogens is 302 g/mol. The average molecular weight is 327 g/mol. The van der Waals surface area contributed by atoms with Gasteiger partial charge in [-0.3, -0.25) is 4.79 Å². The van der Waals surface area contributed by atoms with Gasteiger partial charge in [0.25, 0.3) is 5.91 Å². The van der Waals surface area contributed by atoms with Crippen molar-refractivity contribution in [2.45, 2.75) is 31.7 Å². The first kappa shape index (κ1) is 16.9. The summed E-state index contributed by atoms with van der Waals surface area (Å²) in [6.45, 7) is 4.74. The Bertz CT molecular complexity index is 597. The van der Waals surface area contributed by atoms with Gasteiger partial charge in [-0.05, 0) is 62.9 Å². The van der Waals surface area contributed by atoms with Gasteiger partial charge in [-0.1, -0.05) is 6.07 Å². The maximum absolute atomic E-state index is 12.2. The van der Waals surface area contributed by atoms with Crippen LogP contribution in [-0.2, 0) is 4.74 Å². The van der Waals surface area contributed by atoms with Gasteiger partial charge in [-0.25, -0.2) is 0 Å². The summed E-state index contributed by atoms with van der Waals surface area (Å²) in [5.41, 5.74) is 1.08. The van der Waals surface area contributed by atoms with Gasteiger partial charge in [-0.15, -0.1) is 0 Å². The van der Waals surface area contributed by atoms with Gasteiger partial charge in [0.15, 0.2) is 0 Å². The fourth-order valence-electron chi connectivity index (χ4n) is 3.64. The Morgan fingerprint density at radius 2 is 2.00 bits per heavy atom. The second kappa shape index (κ2) is 8.27. The molecule has 24 heavy (non-hydrogen) atoms. The van der Waals surface area contributed by atoms with Crippen molar-refractivity contribution in [1.82, 2.24) is 10.2 Å². The largest absolute Gasteiger partial charge is 0.381 e. The minimum absolute atomic E-state index is 0.0843. The number of nitrogens with one attached hydrogen (secondary N) is 1. The highest BCUT2D eigenvalue weighted by atomic mass is 16.5. The number of rotatable bonds is 4. The number of hydrogen-bond donors (Lipinski definition) is 1. The van der Waals surface area contributed by atoms with Crippen LogP contribution in [0.1, 0.15) is 41.6 Å². The molecule has 5 heteroatoms. The molecule has 0 saturated carbocycles. The van der Waals surface area contributed by atoms with E-state index in [1.54, 1.807) is 24.3 Å². The third-order valence-corrected chi connectivity index (χ3v) is 5.16. The van der Waals surface area contributed by atoms with Crippen molar-refractivity contribution in [3.05, 3.63) is 35.4 Å². The van der Waals surface area contributed by atoms with Crippen LogP contribution in [0.3, 0.4) is 0 Å². The van der Waals surface area contributed by atoms with Crippen LogP contribution in [-0.4, -0.2) is 49.7 Å². The molecule has 3 rings (SSSR count). The zero-order valence-corrected chi connectivity index (χ0v) is 14.0. The number of benzene rings is 1. The van der Waals surface area contributed by atoms with Crippen molar-refractivity contribution in [2.24, 2.45) is 5.92 Å². The van der Waals surface area contributed by atoms with E-state index in [0.717, 1.165) is 58.5 Å². The molecule has 0 bridgehead atoms. The highest BCUT2D eigenvalue weighted by Gasteiger charge is 2.26. The molecule has 2 heterocycles. The van der Waals surface area contributed by atoms with E-state index in [4.69, 9.17) is 10.00 Å². The van der Waals surface area contributed by atoms with Gasteiger partial charge in [0.1, 0.15) is 0 Å². The van der Waals surface area contributed by atoms with Crippen molar-refractivity contribution < 1.29 is 9.53 Å². The van der Waals surface area contributed by atoms with Crippen LogP contribution >= 0.6 is 0 Å². The van der Waals surface area contributed by atoms with E-state index in [-0.39, 0.29) is 5.91 Å². The molecule has 1 aromatic rings. The van der Waals surface area contributed by atoms with Gasteiger partial charge in [0.05, 0.1) is 11.6 Å². The Morgan fingerprint density at radius 1 is 1.25 bits per heavy atom. The molecule has 0 aliphatic carbocycles. The smallest absolute Gasteiger partial charge is 0.251 e. The summed E-state index contributed by atoms with van der Waals surface area (Å²) in [6.07, 6.45) is 4.57. The second-order valence-electron chi connectivity index (χ2n) is 6.73. The van der Waals surface area contributed by atoms with Crippen molar-refractivity contribution in [2.75, 3.05) is 32.8 Å². The SMILES string of the molecule is N#Cc1cccc(C(=O)NCC2CCN(C3CCOCC3)CC2)c1. The molecular formula is C19H25N3O2. The predicted octanol–water partition coefficient (Wildman–Crippen LogP) is 2.18. The van der Waals surface area contributed by atoms with E-state index in [1.807, 2.05) is 0 Å². The molecule has 1 amide bonds. The number of nitriles is 1. The zero-order chi connectivity index (χ0) is 16.8. The molecule has 1 aromatic carbocycles. The predicted molar refractivity (Wildman–Crippen MR) is 91.6 cm³/mol. The summed E-state index contributed by atoms with van der Waals surface area (Å²) in [6, 6.07) is 9.61. The Kier molecular flexibility index (Phi) is 5.84. The first-order chi connectivity index (χ1) is 11.8. The Morgan fingerprint density at radius 3 is 2.71 bits per heavy atom. The number of carbonyl (C=O) groups is 1. The molecule has 1 N–H and O–H groups in total. The summed E-state index contributed by atoms with van der Waals surface area (Å²) in [5, 5.41) is 11.9. The molecule has 5 nitrogen and oxygen atoms in total. The Balaban J connectivity index is 1.43. The number of carbonyl (C=O) groups excluding carboxylic acids is 1. The number of nitrogens with zero attached hydrogens (tertiary/aromatic N) is 2. The van der Waals surface area contributed by atoms with Gasteiger partial charge >= 0.3 is 0 Å². The van der Waals surface area contributed by atoms with Crippen LogP contribution in [0.25, 0.3) is 0 Å². The summed E-state index contributed by atoms with van der Waals surface area (Å²) >= 11 is 0. The molecule has 128 valence electrons. The minimum Gasteiger partial charge on any atom is -0.381 e. The molecule has 2 saturated heterocycles. The van der Waals surface area contributed by atoms with Gasteiger partial charge < -0.3 is 15.0 Å². The highest BCUT2D eigenvalue weighted by Crippen LogP contribution is 2.22. The number of likely N-dealkylation sites (tertiary alicyclic amines) is 1. The van der Waals surface area contributed by atoms with Crippen LogP contribution in [0.2, 0.25) is 0 Å². The summed E-state index contributed by atoms with van der Waals surface area (Å²) in [4.78, 5) is 14.8. The van der Waals surface area contributed by atoms with E-state index >= 15 is 0 Å². The Labute approximate surface area is 143 Å². The lowest BCUT2D eigenvalue weighted by Gasteiger charge is -2.39. The summed E-state index contributed by atoms with van der Waals surface area (Å²) in [7, 11) is 0. The Hall–Kier alpha value is -1.90. The van der Waals surface area contributed by atoms with E-state index < -0.39 is 0 Å². The summed E-state index contributed by atoms with van der Waals surface area (Å²) < 4.78 is 5.44. The van der Waals surface area contributed by atoms with E-state index in [9.17, 15) is 4.79 Å². The average Bonchev–Trinajstić information content (AvgIpc) is 2.67. The van der Waals surface area contributed by atoms with Crippen molar-refractivity contribution >= 4 is 5.91 Å². The molecule has 0 aromatic heterocycles. The van der Waals surface area contributed by atoms with E-state index in [0.29, 0.717) is 23.1 Å². The van der Waals surface area contributed by atoms with Crippen LogP contribution in [0, 0.1) is 17.2 Å². The number of piperidine rings is 1. The molecule has 2 fully saturated rings. The molecule has 0 unspecified atom stereocenters. The lowest BCUT2D eigenvalue weighted by molar-refractivity contribution is 0.0211. The fourth-order valence-corrected chi connectivity index (χ4v) is 3.64. The molecule has 2 aliphatic heterocycles. The van der Waals surface area contributed by atoms with Crippen LogP contribution < -0.4 is 5.32 Å². The maximum atomic E-state index is 12.2. The van der Waals surface area contributed by atoms with Gasteiger partial charge in [0.2, 0.25) is 0 Å². The molecule has 0 radical (unpaired) electrons. The standard InChI is InChI=1S/C19H25N3O2/c20-13-16-2-1-3-17(12-16)19(23)21-14-15-4-8-22(9-5-15)18-6-10-24-11-7-18/h1-3,12,15,18H,4-11,14H2,(H,21,23). The monoisotopic (exact) mass is 327 g/mol. The van der Waals surface area contributed by atoms with Gasteiger partial charge in [0, 0.05) is 31.4 Å². The maximum Gasteiger partial charge on any atom is 0.251 e. The first-order valence-electron chi connectivity index (χ1n) is 8.86. The quantitative estimate of drug-likeness (QED) is 0.920. The fraction of sp³-hybridized carbons (Fsp3) is 0.579. The number of ether oxygens (including phenoxy) is 1. The topological polar surface area (TPSA) is 65.4 Å². The third kappa shape index (κ3) is 4.34. The van der Waals surface area contributed by atoms with E-state index in [2.05, 4.69) is 16.3 Å². The highest BCUT2D eigenvalue weighted by molar-refractivity contribution is 5.94. The lowest BCUT2D eigenvalue weighted by Crippen LogP contribution is -2.45. The van der Waals surface area contributed by atoms with Crippen molar-refractivity contribution in [3.8, 4) is 6.07 Å².